The number of hydrogen-bond acceptors (Lipinski definition) is 5. The maximum absolute atomic E-state index is 14.0. The highest BCUT2D eigenvalue weighted by atomic mass is 16.6. The molecular formula is C32H43N3O5. The molecule has 40 heavy (non-hydrogen) atoms. The van der Waals surface area contributed by atoms with Crippen molar-refractivity contribution in [2.75, 3.05) is 13.2 Å². The van der Waals surface area contributed by atoms with E-state index in [1.165, 1.54) is 4.90 Å². The van der Waals surface area contributed by atoms with Gasteiger partial charge in [-0.1, -0.05) is 87.1 Å². The molecule has 0 saturated carbocycles. The topological polar surface area (TPSA) is 108 Å². The van der Waals surface area contributed by atoms with Crippen LogP contribution in [0.25, 0.3) is 0 Å². The van der Waals surface area contributed by atoms with Crippen LogP contribution in [0.2, 0.25) is 0 Å². The van der Waals surface area contributed by atoms with E-state index >= 15 is 0 Å². The van der Waals surface area contributed by atoms with Gasteiger partial charge in [-0.15, -0.1) is 6.42 Å². The van der Waals surface area contributed by atoms with Gasteiger partial charge >= 0.3 is 6.09 Å². The van der Waals surface area contributed by atoms with E-state index in [1.54, 1.807) is 45.0 Å². The van der Waals surface area contributed by atoms with E-state index < -0.39 is 42.2 Å². The minimum Gasteiger partial charge on any atom is -0.444 e. The van der Waals surface area contributed by atoms with E-state index in [9.17, 15) is 19.5 Å². The second-order valence-corrected chi connectivity index (χ2v) is 10.7. The Balaban J connectivity index is 2.46. The van der Waals surface area contributed by atoms with Crippen molar-refractivity contribution in [2.24, 2.45) is 0 Å². The number of rotatable bonds is 14. The number of unbranched alkanes of at least 4 members (excludes halogenated alkanes) is 4. The van der Waals surface area contributed by atoms with Crippen LogP contribution in [0, 0.1) is 12.3 Å². The molecule has 2 aromatic carbocycles. The molecule has 2 rings (SSSR count). The minimum atomic E-state index is -1.31. The summed E-state index contributed by atoms with van der Waals surface area (Å²) < 4.78 is 5.30. The van der Waals surface area contributed by atoms with Crippen molar-refractivity contribution in [2.45, 2.75) is 84.0 Å². The highest BCUT2D eigenvalue weighted by molar-refractivity contribution is 5.92. The molecule has 0 bridgehead atoms. The predicted octanol–water partition coefficient (Wildman–Crippen LogP) is 4.71. The SMILES string of the molecule is C#Cc1ccccc1C(C(=O)NCc1ccccc1)N(CCCCCCC)C(=O)C(CO)NC(=O)OC(C)(C)C. The number of nitrogens with zero attached hydrogens (tertiary/aromatic N) is 1. The van der Waals surface area contributed by atoms with E-state index in [4.69, 9.17) is 11.2 Å². The molecule has 0 spiro atoms. The Morgan fingerprint density at radius 1 is 1.00 bits per heavy atom. The molecule has 0 aliphatic rings. The Morgan fingerprint density at radius 2 is 1.65 bits per heavy atom. The van der Waals surface area contributed by atoms with Crippen LogP contribution in [0.5, 0.6) is 0 Å². The number of benzene rings is 2. The second kappa shape index (κ2) is 16.3. The summed E-state index contributed by atoms with van der Waals surface area (Å²) in [5.41, 5.74) is 1.08. The van der Waals surface area contributed by atoms with Gasteiger partial charge in [-0.05, 0) is 44.4 Å². The number of carbonyl (C=O) groups is 3. The van der Waals surface area contributed by atoms with Crippen molar-refractivity contribution in [3.8, 4) is 12.3 Å². The lowest BCUT2D eigenvalue weighted by molar-refractivity contribution is -0.143. The maximum atomic E-state index is 14.0. The normalized spacial score (nSPS) is 12.5. The molecular weight excluding hydrogens is 506 g/mol. The lowest BCUT2D eigenvalue weighted by atomic mass is 9.97. The first-order chi connectivity index (χ1) is 19.1. The van der Waals surface area contributed by atoms with Crippen molar-refractivity contribution in [3.63, 3.8) is 0 Å². The molecule has 3 amide bonds. The van der Waals surface area contributed by atoms with Crippen LogP contribution in [-0.2, 0) is 20.9 Å². The molecule has 0 aliphatic carbocycles. The number of terminal acetylenes is 1. The first kappa shape index (κ1) is 32.4. The second-order valence-electron chi connectivity index (χ2n) is 10.7. The number of amides is 3. The van der Waals surface area contributed by atoms with Gasteiger partial charge in [0.1, 0.15) is 17.7 Å². The first-order valence-corrected chi connectivity index (χ1v) is 13.9. The van der Waals surface area contributed by atoms with Gasteiger partial charge in [0.2, 0.25) is 11.8 Å². The zero-order valence-corrected chi connectivity index (χ0v) is 24.1. The molecule has 216 valence electrons. The van der Waals surface area contributed by atoms with Crippen LogP contribution >= 0.6 is 0 Å². The van der Waals surface area contributed by atoms with Gasteiger partial charge in [0, 0.05) is 18.7 Å². The summed E-state index contributed by atoms with van der Waals surface area (Å²) in [5.74, 6) is 1.61. The van der Waals surface area contributed by atoms with Crippen molar-refractivity contribution >= 4 is 17.9 Å². The van der Waals surface area contributed by atoms with E-state index in [2.05, 4.69) is 23.5 Å². The number of carbonyl (C=O) groups excluding carboxylic acids is 3. The summed E-state index contributed by atoms with van der Waals surface area (Å²) in [5, 5.41) is 15.5. The maximum Gasteiger partial charge on any atom is 0.408 e. The molecule has 0 aliphatic heterocycles. The van der Waals surface area contributed by atoms with Gasteiger partial charge in [-0.25, -0.2) is 4.79 Å². The highest BCUT2D eigenvalue weighted by Gasteiger charge is 2.36. The molecule has 3 N–H and O–H groups in total. The van der Waals surface area contributed by atoms with Crippen molar-refractivity contribution in [3.05, 3.63) is 71.3 Å². The average molecular weight is 550 g/mol. The average Bonchev–Trinajstić information content (AvgIpc) is 2.93. The third-order valence-electron chi connectivity index (χ3n) is 6.24. The number of alkyl carbamates (subject to hydrolysis) is 1. The van der Waals surface area contributed by atoms with Gasteiger partial charge in [0.25, 0.3) is 0 Å². The van der Waals surface area contributed by atoms with Gasteiger partial charge in [-0.2, -0.15) is 0 Å². The monoisotopic (exact) mass is 549 g/mol. The van der Waals surface area contributed by atoms with Crippen LogP contribution < -0.4 is 10.6 Å². The largest absolute Gasteiger partial charge is 0.444 e. The first-order valence-electron chi connectivity index (χ1n) is 13.9. The zero-order chi connectivity index (χ0) is 29.5. The molecule has 0 saturated heterocycles. The van der Waals surface area contributed by atoms with E-state index in [0.29, 0.717) is 17.5 Å². The summed E-state index contributed by atoms with van der Waals surface area (Å²) >= 11 is 0. The van der Waals surface area contributed by atoms with Gasteiger partial charge in [0.15, 0.2) is 0 Å². The van der Waals surface area contributed by atoms with Crippen LogP contribution in [-0.4, -0.2) is 52.7 Å². The number of aliphatic hydroxyl groups excluding tert-OH is 1. The van der Waals surface area contributed by atoms with Crippen LogP contribution in [0.3, 0.4) is 0 Å². The molecule has 8 heteroatoms. The number of ether oxygens (including phenoxy) is 1. The number of nitrogens with one attached hydrogen (secondary N) is 2. The quantitative estimate of drug-likeness (QED) is 0.234. The van der Waals surface area contributed by atoms with Crippen molar-refractivity contribution < 1.29 is 24.2 Å². The number of aliphatic hydroxyl groups is 1. The summed E-state index contributed by atoms with van der Waals surface area (Å²) in [6, 6.07) is 14.0. The zero-order valence-electron chi connectivity index (χ0n) is 24.1. The van der Waals surface area contributed by atoms with Crippen molar-refractivity contribution in [1.29, 1.82) is 0 Å². The van der Waals surface area contributed by atoms with Crippen molar-refractivity contribution in [1.82, 2.24) is 15.5 Å². The lowest BCUT2D eigenvalue weighted by Crippen LogP contribution is -2.54. The highest BCUT2D eigenvalue weighted by Crippen LogP contribution is 2.26. The Kier molecular flexibility index (Phi) is 13.2. The fraction of sp³-hybridized carbons (Fsp3) is 0.469. The summed E-state index contributed by atoms with van der Waals surface area (Å²) in [4.78, 5) is 41.7. The smallest absolute Gasteiger partial charge is 0.408 e. The summed E-state index contributed by atoms with van der Waals surface area (Å²) in [6.45, 7) is 7.05. The Labute approximate surface area is 238 Å². The Hall–Kier alpha value is -3.83. The van der Waals surface area contributed by atoms with Gasteiger partial charge in [-0.3, -0.25) is 9.59 Å². The van der Waals surface area contributed by atoms with Crippen LogP contribution in [0.1, 0.15) is 82.5 Å². The summed E-state index contributed by atoms with van der Waals surface area (Å²) in [7, 11) is 0. The summed E-state index contributed by atoms with van der Waals surface area (Å²) in [6.07, 6.45) is 9.57. The molecule has 0 aromatic heterocycles. The fourth-order valence-corrected chi connectivity index (χ4v) is 4.29. The third-order valence-corrected chi connectivity index (χ3v) is 6.24. The van der Waals surface area contributed by atoms with E-state index in [1.807, 2.05) is 30.3 Å². The molecule has 2 atom stereocenters. The number of hydrogen-bond donors (Lipinski definition) is 3. The molecule has 0 fully saturated rings. The van der Waals surface area contributed by atoms with E-state index in [-0.39, 0.29) is 13.1 Å². The van der Waals surface area contributed by atoms with E-state index in [0.717, 1.165) is 31.2 Å². The minimum absolute atomic E-state index is 0.234. The predicted molar refractivity (Wildman–Crippen MR) is 156 cm³/mol. The van der Waals surface area contributed by atoms with Gasteiger partial charge < -0.3 is 25.4 Å². The molecule has 2 aromatic rings. The molecule has 2 unspecified atom stereocenters. The molecule has 0 heterocycles. The van der Waals surface area contributed by atoms with Crippen LogP contribution in [0.4, 0.5) is 4.79 Å². The Morgan fingerprint density at radius 3 is 2.27 bits per heavy atom. The van der Waals surface area contributed by atoms with Gasteiger partial charge in [0.05, 0.1) is 6.61 Å². The molecule has 8 nitrogen and oxygen atoms in total. The lowest BCUT2D eigenvalue weighted by Gasteiger charge is -2.34. The van der Waals surface area contributed by atoms with Crippen LogP contribution in [0.15, 0.2) is 54.6 Å². The standard InChI is InChI=1S/C32H43N3O5/c1-6-8-9-10-16-21-35(30(38)27(23-36)34-31(39)40-32(3,4)5)28(26-20-15-14-19-25(26)7-2)29(37)33-22-24-17-12-11-13-18-24/h2,11-15,17-20,27-28,36H,6,8-10,16,21-23H2,1,3-5H3,(H,33,37)(H,34,39). The molecule has 0 radical (unpaired) electrons. The Bertz CT molecular complexity index is 1140. The fourth-order valence-electron chi connectivity index (χ4n) is 4.29. The third kappa shape index (κ3) is 10.4.